The summed E-state index contributed by atoms with van der Waals surface area (Å²) in [5, 5.41) is 6.78. The summed E-state index contributed by atoms with van der Waals surface area (Å²) in [5.74, 6) is 1.06. The Morgan fingerprint density at radius 3 is 2.62 bits per heavy atom. The smallest absolute Gasteiger partial charge is 0.267 e. The molecular formula is C20H23N3O3. The normalized spacial score (nSPS) is 18.8. The molecule has 6 nitrogen and oxygen atoms in total. The van der Waals surface area contributed by atoms with E-state index in [1.54, 1.807) is 13.1 Å². The number of carbonyl (C=O) groups excluding carboxylic acids is 1. The monoisotopic (exact) mass is 353 g/mol. The number of benzene rings is 1. The van der Waals surface area contributed by atoms with E-state index in [0.29, 0.717) is 18.8 Å². The first-order chi connectivity index (χ1) is 12.4. The summed E-state index contributed by atoms with van der Waals surface area (Å²) in [5.41, 5.74) is 2.71. The van der Waals surface area contributed by atoms with Crippen molar-refractivity contribution in [3.05, 3.63) is 53.2 Å². The highest BCUT2D eigenvalue weighted by Gasteiger charge is 2.40. The second kappa shape index (κ2) is 7.15. The predicted octanol–water partition coefficient (Wildman–Crippen LogP) is 3.66. The van der Waals surface area contributed by atoms with Crippen molar-refractivity contribution in [1.82, 2.24) is 10.3 Å². The number of ether oxygens (including phenoxy) is 1. The van der Waals surface area contributed by atoms with Crippen LogP contribution in [0.1, 0.15) is 37.0 Å². The third-order valence-electron chi connectivity index (χ3n) is 4.37. The van der Waals surface area contributed by atoms with Crippen molar-refractivity contribution < 1.29 is 14.4 Å². The lowest BCUT2D eigenvalue weighted by Crippen LogP contribution is -2.44. The van der Waals surface area contributed by atoms with Crippen LogP contribution in [0.4, 0.5) is 0 Å². The summed E-state index contributed by atoms with van der Waals surface area (Å²) in [7, 11) is 0. The maximum Gasteiger partial charge on any atom is 0.267 e. The Hall–Kier alpha value is -2.89. The molecule has 1 aliphatic rings. The highest BCUT2D eigenvalue weighted by molar-refractivity contribution is 5.94. The lowest BCUT2D eigenvalue weighted by molar-refractivity contribution is -0.141. The first-order valence-electron chi connectivity index (χ1n) is 8.57. The van der Waals surface area contributed by atoms with Crippen LogP contribution in [0.2, 0.25) is 0 Å². The van der Waals surface area contributed by atoms with Gasteiger partial charge in [0.1, 0.15) is 5.75 Å². The van der Waals surface area contributed by atoms with Gasteiger partial charge in [0.05, 0.1) is 5.71 Å². The summed E-state index contributed by atoms with van der Waals surface area (Å²) in [6.07, 6.45) is 2.16. The number of aromatic nitrogens is 1. The molecule has 1 atom stereocenters. The summed E-state index contributed by atoms with van der Waals surface area (Å²) >= 11 is 0. The number of carbonyl (C=O) groups is 1. The number of hydrogen-bond acceptors (Lipinski definition) is 5. The maximum absolute atomic E-state index is 12.5. The van der Waals surface area contributed by atoms with Crippen molar-refractivity contribution in [2.75, 3.05) is 0 Å². The fourth-order valence-electron chi connectivity index (χ4n) is 2.92. The molecule has 6 heteroatoms. The summed E-state index contributed by atoms with van der Waals surface area (Å²) in [6, 6.07) is 9.68. The number of oxime groups is 1. The van der Waals surface area contributed by atoms with Gasteiger partial charge in [-0.1, -0.05) is 29.4 Å². The lowest BCUT2D eigenvalue weighted by Gasteiger charge is -2.20. The van der Waals surface area contributed by atoms with Crippen molar-refractivity contribution in [2.24, 2.45) is 5.16 Å². The lowest BCUT2D eigenvalue weighted by atomic mass is 9.99. The Bertz CT molecular complexity index is 843. The van der Waals surface area contributed by atoms with Crippen LogP contribution >= 0.6 is 0 Å². The quantitative estimate of drug-likeness (QED) is 0.890. The predicted molar refractivity (Wildman–Crippen MR) is 99.3 cm³/mol. The van der Waals surface area contributed by atoms with Crippen LogP contribution in [0.3, 0.4) is 0 Å². The fraction of sp³-hybridized carbons (Fsp3) is 0.350. The van der Waals surface area contributed by atoms with Gasteiger partial charge in [-0.25, -0.2) is 4.98 Å². The number of pyridine rings is 1. The van der Waals surface area contributed by atoms with Crippen LogP contribution in [0.15, 0.2) is 41.7 Å². The average molecular weight is 353 g/mol. The molecule has 3 rings (SSSR count). The molecule has 0 radical (unpaired) electrons. The third kappa shape index (κ3) is 3.69. The van der Waals surface area contributed by atoms with Crippen molar-refractivity contribution in [3.63, 3.8) is 0 Å². The zero-order valence-electron chi connectivity index (χ0n) is 15.5. The molecule has 0 saturated heterocycles. The second-order valence-electron chi connectivity index (χ2n) is 6.80. The van der Waals surface area contributed by atoms with E-state index in [1.165, 1.54) is 0 Å². The largest absolute Gasteiger partial charge is 0.438 e. The van der Waals surface area contributed by atoms with Gasteiger partial charge in [-0.3, -0.25) is 4.79 Å². The minimum absolute atomic E-state index is 0.208. The Kier molecular flexibility index (Phi) is 4.93. The molecule has 0 bridgehead atoms. The molecule has 136 valence electrons. The standard InChI is InChI=1S/C20H23N3O3/c1-13-7-5-8-14(2)17(13)25-18-16(9-6-10-21-18)12-22-19(24)20(4)11-15(3)23-26-20/h5-10H,11-12H2,1-4H3,(H,22,24). The first-order valence-corrected chi connectivity index (χ1v) is 8.57. The van der Waals surface area contributed by atoms with E-state index < -0.39 is 5.60 Å². The Morgan fingerprint density at radius 2 is 1.96 bits per heavy atom. The molecular weight excluding hydrogens is 330 g/mol. The van der Waals surface area contributed by atoms with E-state index in [1.807, 2.05) is 51.1 Å². The highest BCUT2D eigenvalue weighted by atomic mass is 16.7. The van der Waals surface area contributed by atoms with E-state index in [4.69, 9.17) is 9.57 Å². The molecule has 26 heavy (non-hydrogen) atoms. The molecule has 1 aromatic carbocycles. The topological polar surface area (TPSA) is 72.8 Å². The number of para-hydroxylation sites is 1. The van der Waals surface area contributed by atoms with Crippen molar-refractivity contribution >= 4 is 11.6 Å². The molecule has 2 heterocycles. The number of amides is 1. The van der Waals surface area contributed by atoms with Gasteiger partial charge in [-0.2, -0.15) is 0 Å². The minimum Gasteiger partial charge on any atom is -0.438 e. The average Bonchev–Trinajstić information content (AvgIpc) is 2.97. The van der Waals surface area contributed by atoms with E-state index in [0.717, 1.165) is 28.2 Å². The summed E-state index contributed by atoms with van der Waals surface area (Å²) in [4.78, 5) is 22.1. The number of nitrogens with one attached hydrogen (secondary N) is 1. The van der Waals surface area contributed by atoms with Crippen molar-refractivity contribution in [1.29, 1.82) is 0 Å². The maximum atomic E-state index is 12.5. The van der Waals surface area contributed by atoms with Crippen LogP contribution < -0.4 is 10.1 Å². The van der Waals surface area contributed by atoms with Crippen LogP contribution in [0.5, 0.6) is 11.6 Å². The van der Waals surface area contributed by atoms with Gasteiger partial charge in [0.15, 0.2) is 0 Å². The van der Waals surface area contributed by atoms with Gasteiger partial charge in [0, 0.05) is 24.7 Å². The van der Waals surface area contributed by atoms with Gasteiger partial charge < -0.3 is 14.9 Å². The zero-order valence-corrected chi connectivity index (χ0v) is 15.5. The van der Waals surface area contributed by atoms with Crippen LogP contribution in [-0.4, -0.2) is 22.2 Å². The molecule has 1 amide bonds. The SMILES string of the molecule is CC1=NOC(C)(C(=O)NCc2cccnc2Oc2c(C)cccc2C)C1. The number of aryl methyl sites for hydroxylation is 2. The molecule has 2 aromatic rings. The molecule has 0 aliphatic carbocycles. The molecule has 1 aliphatic heterocycles. The van der Waals surface area contributed by atoms with E-state index >= 15 is 0 Å². The molecule has 0 fully saturated rings. The van der Waals surface area contributed by atoms with Gasteiger partial charge in [-0.15, -0.1) is 0 Å². The molecule has 0 spiro atoms. The number of hydrogen-bond donors (Lipinski definition) is 1. The molecule has 1 N–H and O–H groups in total. The van der Waals surface area contributed by atoms with Gasteiger partial charge >= 0.3 is 0 Å². The highest BCUT2D eigenvalue weighted by Crippen LogP contribution is 2.29. The summed E-state index contributed by atoms with van der Waals surface area (Å²) < 4.78 is 6.05. The Morgan fingerprint density at radius 1 is 1.23 bits per heavy atom. The molecule has 1 unspecified atom stereocenters. The van der Waals surface area contributed by atoms with Gasteiger partial charge in [-0.05, 0) is 44.9 Å². The molecule has 1 aromatic heterocycles. The van der Waals surface area contributed by atoms with Crippen LogP contribution in [-0.2, 0) is 16.2 Å². The van der Waals surface area contributed by atoms with Gasteiger partial charge in [0.2, 0.25) is 11.5 Å². The third-order valence-corrected chi connectivity index (χ3v) is 4.37. The molecule has 0 saturated carbocycles. The van der Waals surface area contributed by atoms with Gasteiger partial charge in [0.25, 0.3) is 5.91 Å². The van der Waals surface area contributed by atoms with Crippen LogP contribution in [0.25, 0.3) is 0 Å². The second-order valence-corrected chi connectivity index (χ2v) is 6.80. The zero-order chi connectivity index (χ0) is 18.7. The fourth-order valence-corrected chi connectivity index (χ4v) is 2.92. The van der Waals surface area contributed by atoms with Crippen molar-refractivity contribution in [2.45, 2.75) is 46.3 Å². The van der Waals surface area contributed by atoms with E-state index in [2.05, 4.69) is 15.5 Å². The summed E-state index contributed by atoms with van der Waals surface area (Å²) in [6.45, 7) is 7.86. The van der Waals surface area contributed by atoms with E-state index in [-0.39, 0.29) is 5.91 Å². The Labute approximate surface area is 153 Å². The number of rotatable bonds is 5. The van der Waals surface area contributed by atoms with Crippen LogP contribution in [0, 0.1) is 13.8 Å². The Balaban J connectivity index is 1.73. The first kappa shape index (κ1) is 17.9. The number of nitrogens with zero attached hydrogens (tertiary/aromatic N) is 2. The van der Waals surface area contributed by atoms with Crippen molar-refractivity contribution in [3.8, 4) is 11.6 Å². The minimum atomic E-state index is -0.958. The van der Waals surface area contributed by atoms with E-state index in [9.17, 15) is 4.79 Å².